The number of phenols is 1. The average molecular weight is 642 g/mol. The third kappa shape index (κ3) is 4.09. The zero-order chi connectivity index (χ0) is 30.2. The van der Waals surface area contributed by atoms with Gasteiger partial charge in [0.05, 0.1) is 27.1 Å². The number of allylic oxidation sites excluding steroid dienone is 1. The lowest BCUT2D eigenvalue weighted by atomic mass is 9.58. The highest BCUT2D eigenvalue weighted by molar-refractivity contribution is 9.10. The maximum Gasteiger partial charge on any atom is 0.255 e. The van der Waals surface area contributed by atoms with Gasteiger partial charge in [-0.05, 0) is 45.3 Å². The van der Waals surface area contributed by atoms with Crippen LogP contribution in [0.15, 0.2) is 22.7 Å². The van der Waals surface area contributed by atoms with Crippen LogP contribution in [0.5, 0.6) is 5.75 Å². The Morgan fingerprint density at radius 3 is 2.27 bits per heavy atom. The summed E-state index contributed by atoms with van der Waals surface area (Å²) in [4.78, 5) is 54.4. The van der Waals surface area contributed by atoms with Crippen LogP contribution in [0, 0.1) is 11.8 Å². The normalized spacial score (nSPS) is 26.8. The van der Waals surface area contributed by atoms with Crippen molar-refractivity contribution < 1.29 is 39.6 Å². The molecule has 2 amide bonds. The van der Waals surface area contributed by atoms with Crippen molar-refractivity contribution in [3.8, 4) is 5.75 Å². The van der Waals surface area contributed by atoms with Gasteiger partial charge >= 0.3 is 0 Å². The Bertz CT molecular complexity index is 1440. The maximum absolute atomic E-state index is 14.0. The smallest absolute Gasteiger partial charge is 0.255 e. The number of nitrogens with one attached hydrogen (secondary N) is 1. The molecule has 4 rings (SSSR count). The molecule has 0 aliphatic heterocycles. The number of Topliss-reactive ketones (excluding diaryl/α,β-unsaturated/α-hetero) is 2. The number of phenolic OH excluding ortho intramolecular Hbond substituents is 1. The lowest BCUT2D eigenvalue weighted by Crippen LogP contribution is -2.63. The molecule has 5 atom stereocenters. The molecule has 0 heterocycles. The van der Waals surface area contributed by atoms with Crippen LogP contribution in [0.25, 0.3) is 0 Å². The molecule has 1 aromatic rings. The molecule has 0 aromatic heterocycles. The zero-order valence-electron chi connectivity index (χ0n) is 22.4. The summed E-state index contributed by atoms with van der Waals surface area (Å²) in [6.45, 7) is 1.55. The molecular formula is C26H30BrClN4O8. The predicted molar refractivity (Wildman–Crippen MR) is 150 cm³/mol. The van der Waals surface area contributed by atoms with E-state index in [2.05, 4.69) is 21.2 Å². The summed E-state index contributed by atoms with van der Waals surface area (Å²) >= 11 is 9.79. The van der Waals surface area contributed by atoms with Crippen molar-refractivity contribution in [3.05, 3.63) is 38.8 Å². The number of aromatic hydroxyl groups is 1. The van der Waals surface area contributed by atoms with Crippen LogP contribution >= 0.6 is 27.5 Å². The van der Waals surface area contributed by atoms with Gasteiger partial charge < -0.3 is 36.4 Å². The van der Waals surface area contributed by atoms with E-state index >= 15 is 0 Å². The standard InChI is InChI=1S/C26H30BrClN4O8/c1-8(27)25(39)30-16-15(28)17(31(2)3)10-6-9-7-11-18(32(4)5)21(35)14(24(29)38)23(37)26(11,40)22(36)12(9)19(33)13(10)20(16)34/h8-9,11,18,34-36,40H,6-7H2,1-5H3,(H2,29,38)(H,30,39)/t8?,9?,11?,18-,26-/m0/s1. The van der Waals surface area contributed by atoms with E-state index < -0.39 is 74.5 Å². The number of amides is 2. The molecule has 3 aliphatic carbocycles. The molecule has 0 radical (unpaired) electrons. The summed E-state index contributed by atoms with van der Waals surface area (Å²) in [6.07, 6.45) is -0.00495. The minimum atomic E-state index is -2.75. The van der Waals surface area contributed by atoms with Gasteiger partial charge in [0.25, 0.3) is 5.91 Å². The molecule has 0 spiro atoms. The number of fused-ring (bicyclic) bond motifs is 3. The lowest BCUT2D eigenvalue weighted by molar-refractivity contribution is -0.148. The molecule has 12 nitrogen and oxygen atoms in total. The number of halogens is 2. The van der Waals surface area contributed by atoms with Gasteiger partial charge in [0.2, 0.25) is 11.7 Å². The first-order valence-corrected chi connectivity index (χ1v) is 13.6. The number of hydrogen-bond acceptors (Lipinski definition) is 10. The number of hydrogen-bond donors (Lipinski definition) is 6. The molecule has 14 heteroatoms. The first-order valence-electron chi connectivity index (χ1n) is 12.3. The Hall–Kier alpha value is -3.13. The Morgan fingerprint density at radius 2 is 1.77 bits per heavy atom. The van der Waals surface area contributed by atoms with Gasteiger partial charge in [-0.1, -0.05) is 27.5 Å². The Balaban J connectivity index is 2.00. The molecule has 0 saturated carbocycles. The van der Waals surface area contributed by atoms with Crippen LogP contribution < -0.4 is 16.0 Å². The van der Waals surface area contributed by atoms with E-state index in [0.717, 1.165) is 0 Å². The molecule has 0 saturated heterocycles. The monoisotopic (exact) mass is 640 g/mol. The number of likely N-dealkylation sites (N-methyl/N-ethyl adjacent to an activating group) is 1. The van der Waals surface area contributed by atoms with E-state index in [4.69, 9.17) is 17.3 Å². The van der Waals surface area contributed by atoms with Gasteiger partial charge in [-0.2, -0.15) is 0 Å². The average Bonchev–Trinajstić information content (AvgIpc) is 2.83. The first-order chi connectivity index (χ1) is 18.5. The molecule has 216 valence electrons. The number of aliphatic hydroxyl groups excluding tert-OH is 2. The van der Waals surface area contributed by atoms with Crippen LogP contribution in [0.2, 0.25) is 5.02 Å². The topological polar surface area (TPSA) is 194 Å². The molecular weight excluding hydrogens is 612 g/mol. The second-order valence-corrected chi connectivity index (χ2v) is 12.5. The third-order valence-corrected chi connectivity index (χ3v) is 8.64. The fourth-order valence-corrected chi connectivity index (χ4v) is 6.67. The number of nitrogens with two attached hydrogens (primary N) is 1. The third-order valence-electron chi connectivity index (χ3n) is 7.86. The number of carbonyl (C=O) groups is 4. The number of benzene rings is 1. The van der Waals surface area contributed by atoms with Crippen LogP contribution in [0.1, 0.15) is 29.3 Å². The molecule has 3 unspecified atom stereocenters. The van der Waals surface area contributed by atoms with Crippen molar-refractivity contribution in [2.45, 2.75) is 36.2 Å². The summed E-state index contributed by atoms with van der Waals surface area (Å²) in [5.41, 5.74) is 1.63. The summed E-state index contributed by atoms with van der Waals surface area (Å²) in [7, 11) is 6.44. The van der Waals surface area contributed by atoms with Crippen LogP contribution in [0.3, 0.4) is 0 Å². The van der Waals surface area contributed by atoms with Crippen molar-refractivity contribution in [1.29, 1.82) is 0 Å². The first kappa shape index (κ1) is 29.8. The summed E-state index contributed by atoms with van der Waals surface area (Å²) in [5.74, 6) is -8.23. The van der Waals surface area contributed by atoms with E-state index in [1.54, 1.807) is 40.0 Å². The van der Waals surface area contributed by atoms with Crippen molar-refractivity contribution in [3.63, 3.8) is 0 Å². The summed E-state index contributed by atoms with van der Waals surface area (Å²) < 4.78 is 0. The van der Waals surface area contributed by atoms with Gasteiger partial charge in [0.15, 0.2) is 17.1 Å². The fourth-order valence-electron chi connectivity index (χ4n) is 6.14. The Labute approximate surface area is 243 Å². The number of carbonyl (C=O) groups excluding carboxylic acids is 4. The Morgan fingerprint density at radius 1 is 1.18 bits per heavy atom. The molecule has 3 aliphatic rings. The minimum absolute atomic E-state index is 0.00907. The predicted octanol–water partition coefficient (Wildman–Crippen LogP) is 1.56. The van der Waals surface area contributed by atoms with E-state index in [1.165, 1.54) is 4.90 Å². The number of nitrogens with zero attached hydrogens (tertiary/aromatic N) is 2. The highest BCUT2D eigenvalue weighted by Gasteiger charge is 2.63. The Kier molecular flexibility index (Phi) is 7.50. The van der Waals surface area contributed by atoms with E-state index in [0.29, 0.717) is 11.3 Å². The second-order valence-electron chi connectivity index (χ2n) is 10.7. The van der Waals surface area contributed by atoms with Gasteiger partial charge in [-0.25, -0.2) is 0 Å². The highest BCUT2D eigenvalue weighted by atomic mass is 79.9. The maximum atomic E-state index is 14.0. The fraction of sp³-hybridized carbons (Fsp3) is 0.462. The summed E-state index contributed by atoms with van der Waals surface area (Å²) in [5, 5.41) is 47.8. The van der Waals surface area contributed by atoms with Crippen LogP contribution in [-0.2, 0) is 20.8 Å². The lowest BCUT2D eigenvalue weighted by Gasteiger charge is -2.50. The second kappa shape index (κ2) is 10.1. The number of aliphatic hydroxyl groups is 3. The van der Waals surface area contributed by atoms with Crippen LogP contribution in [0.4, 0.5) is 11.4 Å². The molecule has 40 heavy (non-hydrogen) atoms. The van der Waals surface area contributed by atoms with E-state index in [1.807, 2.05) is 0 Å². The van der Waals surface area contributed by atoms with E-state index in [-0.39, 0.29) is 34.7 Å². The number of anilines is 2. The quantitative estimate of drug-likeness (QED) is 0.156. The van der Waals surface area contributed by atoms with Crippen molar-refractivity contribution in [2.24, 2.45) is 17.6 Å². The molecule has 0 fully saturated rings. The van der Waals surface area contributed by atoms with Gasteiger partial charge in [-0.3, -0.25) is 24.1 Å². The number of alkyl halides is 1. The number of rotatable bonds is 5. The van der Waals surface area contributed by atoms with Gasteiger partial charge in [0.1, 0.15) is 22.8 Å². The largest absolute Gasteiger partial charge is 0.510 e. The molecule has 7 N–H and O–H groups in total. The zero-order valence-corrected chi connectivity index (χ0v) is 24.7. The molecule has 1 aromatic carbocycles. The van der Waals surface area contributed by atoms with Crippen molar-refractivity contribution in [2.75, 3.05) is 38.4 Å². The van der Waals surface area contributed by atoms with Gasteiger partial charge in [0, 0.05) is 25.6 Å². The SMILES string of the molecule is CC(Br)C(=O)Nc1c(O)c2c(c(N(C)C)c1Cl)CC1CC3[C@H](N(C)C)C(O)=C(C(N)=O)C(=O)[C@@]3(O)C(O)=C1C2=O. The minimum Gasteiger partial charge on any atom is -0.510 e. The van der Waals surface area contributed by atoms with Crippen molar-refractivity contribution in [1.82, 2.24) is 4.90 Å². The number of ketones is 2. The molecule has 0 bridgehead atoms. The summed E-state index contributed by atoms with van der Waals surface area (Å²) in [6, 6.07) is -1.10. The van der Waals surface area contributed by atoms with E-state index in [9.17, 15) is 39.6 Å². The number of primary amides is 1. The highest BCUT2D eigenvalue weighted by Crippen LogP contribution is 2.55. The van der Waals surface area contributed by atoms with Crippen molar-refractivity contribution >= 4 is 62.3 Å². The van der Waals surface area contributed by atoms with Crippen LogP contribution in [-0.4, -0.2) is 93.4 Å². The van der Waals surface area contributed by atoms with Gasteiger partial charge in [-0.15, -0.1) is 0 Å².